The van der Waals surface area contributed by atoms with Gasteiger partial charge in [-0.25, -0.2) is 16.8 Å². The SMILES string of the molecule is CCCCCCCCCCCCc1ccc(S(=O)(=O)NNS(=O)(=O)c2ccc(C)cc2)cc1. The number of unbranched alkanes of at least 4 members (excludes halogenated alkanes) is 9. The normalized spacial score (nSPS) is 12.2. The van der Waals surface area contributed by atoms with Crippen LogP contribution >= 0.6 is 0 Å². The van der Waals surface area contributed by atoms with Crippen LogP contribution in [0.5, 0.6) is 0 Å². The van der Waals surface area contributed by atoms with Gasteiger partial charge in [0.05, 0.1) is 9.79 Å². The molecule has 0 spiro atoms. The van der Waals surface area contributed by atoms with E-state index in [0.29, 0.717) is 0 Å². The Labute approximate surface area is 200 Å². The van der Waals surface area contributed by atoms with E-state index in [1.807, 2.05) is 16.6 Å². The van der Waals surface area contributed by atoms with Crippen molar-refractivity contribution in [1.82, 2.24) is 9.66 Å². The van der Waals surface area contributed by atoms with Crippen LogP contribution in [0.25, 0.3) is 0 Å². The second kappa shape index (κ2) is 13.8. The summed E-state index contributed by atoms with van der Waals surface area (Å²) in [6.07, 6.45) is 13.7. The quantitative estimate of drug-likeness (QED) is 0.234. The first-order valence-electron chi connectivity index (χ1n) is 11.9. The largest absolute Gasteiger partial charge is 0.254 e. The van der Waals surface area contributed by atoms with Gasteiger partial charge in [0.1, 0.15) is 0 Å². The average molecular weight is 495 g/mol. The third kappa shape index (κ3) is 9.96. The van der Waals surface area contributed by atoms with Gasteiger partial charge in [-0.15, -0.1) is 9.66 Å². The predicted molar refractivity (Wildman–Crippen MR) is 134 cm³/mol. The van der Waals surface area contributed by atoms with Crippen molar-refractivity contribution in [2.24, 2.45) is 0 Å². The van der Waals surface area contributed by atoms with E-state index < -0.39 is 20.0 Å². The molecule has 2 aromatic carbocycles. The van der Waals surface area contributed by atoms with Crippen molar-refractivity contribution in [2.45, 2.75) is 94.3 Å². The van der Waals surface area contributed by atoms with Gasteiger partial charge in [0.25, 0.3) is 20.0 Å². The van der Waals surface area contributed by atoms with Crippen LogP contribution in [0.2, 0.25) is 0 Å². The fraction of sp³-hybridized carbons (Fsp3) is 0.520. The second-order valence-electron chi connectivity index (χ2n) is 8.60. The highest BCUT2D eigenvalue weighted by Crippen LogP contribution is 2.15. The Morgan fingerprint density at radius 1 is 0.576 bits per heavy atom. The minimum Gasteiger partial charge on any atom is -0.206 e. The van der Waals surface area contributed by atoms with Gasteiger partial charge in [0, 0.05) is 0 Å². The molecule has 0 aliphatic carbocycles. The van der Waals surface area contributed by atoms with Gasteiger partial charge in [0.2, 0.25) is 0 Å². The zero-order valence-electron chi connectivity index (χ0n) is 19.8. The van der Waals surface area contributed by atoms with Gasteiger partial charge < -0.3 is 0 Å². The first kappa shape index (κ1) is 27.5. The van der Waals surface area contributed by atoms with Crippen LogP contribution in [-0.4, -0.2) is 16.8 Å². The van der Waals surface area contributed by atoms with E-state index >= 15 is 0 Å². The minimum atomic E-state index is -4.01. The Bertz CT molecular complexity index is 1030. The Morgan fingerprint density at radius 2 is 0.970 bits per heavy atom. The zero-order chi connectivity index (χ0) is 24.2. The van der Waals surface area contributed by atoms with Gasteiger partial charge >= 0.3 is 0 Å². The predicted octanol–water partition coefficient (Wildman–Crippen LogP) is 5.63. The van der Waals surface area contributed by atoms with Crippen LogP contribution in [0.1, 0.15) is 82.3 Å². The molecule has 33 heavy (non-hydrogen) atoms. The van der Waals surface area contributed by atoms with Crippen LogP contribution in [0.15, 0.2) is 58.3 Å². The summed E-state index contributed by atoms with van der Waals surface area (Å²) >= 11 is 0. The van der Waals surface area contributed by atoms with Crippen molar-refractivity contribution in [2.75, 3.05) is 0 Å². The summed E-state index contributed by atoms with van der Waals surface area (Å²) in [4.78, 5) is 3.93. The van der Waals surface area contributed by atoms with Crippen LogP contribution in [0, 0.1) is 6.92 Å². The fourth-order valence-corrected chi connectivity index (χ4v) is 5.70. The molecule has 0 saturated heterocycles. The summed E-state index contributed by atoms with van der Waals surface area (Å²) in [5.74, 6) is 0. The molecule has 0 aliphatic heterocycles. The number of hydrogen-bond donors (Lipinski definition) is 2. The Kier molecular flexibility index (Phi) is 11.5. The first-order chi connectivity index (χ1) is 15.7. The molecule has 0 atom stereocenters. The fourth-order valence-electron chi connectivity index (χ4n) is 3.60. The maximum atomic E-state index is 12.5. The molecule has 0 aliphatic rings. The van der Waals surface area contributed by atoms with E-state index in [9.17, 15) is 16.8 Å². The maximum absolute atomic E-state index is 12.5. The summed E-state index contributed by atoms with van der Waals surface area (Å²) in [5, 5.41) is 0. The monoisotopic (exact) mass is 494 g/mol. The highest BCUT2D eigenvalue weighted by atomic mass is 32.2. The summed E-state index contributed by atoms with van der Waals surface area (Å²) < 4.78 is 49.6. The third-order valence-electron chi connectivity index (χ3n) is 5.69. The smallest absolute Gasteiger partial charge is 0.206 e. The maximum Gasteiger partial charge on any atom is 0.254 e. The Balaban J connectivity index is 1.74. The van der Waals surface area contributed by atoms with Gasteiger partial charge in [-0.3, -0.25) is 0 Å². The number of hydrogen-bond acceptors (Lipinski definition) is 4. The molecule has 0 fully saturated rings. The molecule has 0 heterocycles. The van der Waals surface area contributed by atoms with Crippen molar-refractivity contribution >= 4 is 20.0 Å². The van der Waals surface area contributed by atoms with E-state index in [1.54, 1.807) is 24.3 Å². The first-order valence-corrected chi connectivity index (χ1v) is 14.9. The van der Waals surface area contributed by atoms with Crippen LogP contribution in [0.4, 0.5) is 0 Å². The van der Waals surface area contributed by atoms with E-state index in [4.69, 9.17) is 0 Å². The highest BCUT2D eigenvalue weighted by molar-refractivity contribution is 7.92. The molecule has 8 heteroatoms. The van der Waals surface area contributed by atoms with Gasteiger partial charge in [-0.05, 0) is 49.6 Å². The van der Waals surface area contributed by atoms with Gasteiger partial charge in [-0.2, -0.15) is 0 Å². The zero-order valence-corrected chi connectivity index (χ0v) is 21.5. The lowest BCUT2D eigenvalue weighted by molar-refractivity contribution is 0.556. The topological polar surface area (TPSA) is 92.3 Å². The lowest BCUT2D eigenvalue weighted by Crippen LogP contribution is -2.41. The average Bonchev–Trinajstić information content (AvgIpc) is 2.80. The molecule has 0 amide bonds. The van der Waals surface area contributed by atoms with Crippen LogP contribution in [-0.2, 0) is 26.5 Å². The van der Waals surface area contributed by atoms with E-state index in [2.05, 4.69) is 6.92 Å². The molecule has 6 nitrogen and oxygen atoms in total. The van der Waals surface area contributed by atoms with Gasteiger partial charge in [-0.1, -0.05) is 94.5 Å². The Hall–Kier alpha value is -1.74. The molecule has 0 radical (unpaired) electrons. The van der Waals surface area contributed by atoms with Crippen molar-refractivity contribution in [3.8, 4) is 0 Å². The molecule has 2 rings (SSSR count). The highest BCUT2D eigenvalue weighted by Gasteiger charge is 2.19. The standard InChI is InChI=1S/C25H38N2O4S2/c1-3-4-5-6-7-8-9-10-11-12-13-23-16-20-25(21-17-23)33(30,31)27-26-32(28,29)24-18-14-22(2)15-19-24/h14-21,26-27H,3-13H2,1-2H3. The molecular formula is C25H38N2O4S2. The Morgan fingerprint density at radius 3 is 1.42 bits per heavy atom. The molecule has 0 unspecified atom stereocenters. The van der Waals surface area contributed by atoms with E-state index in [0.717, 1.165) is 24.0 Å². The molecule has 0 bridgehead atoms. The van der Waals surface area contributed by atoms with Gasteiger partial charge in [0.15, 0.2) is 0 Å². The van der Waals surface area contributed by atoms with Crippen molar-refractivity contribution in [1.29, 1.82) is 0 Å². The van der Waals surface area contributed by atoms with Crippen molar-refractivity contribution in [3.05, 3.63) is 59.7 Å². The summed E-state index contributed by atoms with van der Waals surface area (Å²) in [5.41, 5.74) is 1.99. The number of aryl methyl sites for hydroxylation is 2. The third-order valence-corrected chi connectivity index (χ3v) is 8.35. The molecule has 2 aromatic rings. The van der Waals surface area contributed by atoms with Crippen LogP contribution in [0.3, 0.4) is 0 Å². The lowest BCUT2D eigenvalue weighted by Gasteiger charge is -2.10. The molecular weight excluding hydrogens is 456 g/mol. The number of rotatable bonds is 16. The van der Waals surface area contributed by atoms with E-state index in [-0.39, 0.29) is 9.79 Å². The number of benzene rings is 2. The lowest BCUT2D eigenvalue weighted by atomic mass is 10.0. The molecule has 0 saturated carbocycles. The molecule has 2 N–H and O–H groups in total. The minimum absolute atomic E-state index is 0.0114. The van der Waals surface area contributed by atoms with Crippen molar-refractivity contribution < 1.29 is 16.8 Å². The number of nitrogens with one attached hydrogen (secondary N) is 2. The van der Waals surface area contributed by atoms with Crippen molar-refractivity contribution in [3.63, 3.8) is 0 Å². The molecule has 0 aromatic heterocycles. The number of sulfonamides is 2. The second-order valence-corrected chi connectivity index (χ2v) is 12.0. The van der Waals surface area contributed by atoms with E-state index in [1.165, 1.54) is 82.1 Å². The number of hydrazine groups is 1. The van der Waals surface area contributed by atoms with Crippen LogP contribution < -0.4 is 9.66 Å². The summed E-state index contributed by atoms with van der Waals surface area (Å²) in [6, 6.07) is 12.7. The summed E-state index contributed by atoms with van der Waals surface area (Å²) in [6.45, 7) is 4.08. The summed E-state index contributed by atoms with van der Waals surface area (Å²) in [7, 11) is -8.01. The molecule has 184 valence electrons.